The lowest BCUT2D eigenvalue weighted by molar-refractivity contribution is -0.143. The van der Waals surface area contributed by atoms with Gasteiger partial charge in [-0.2, -0.15) is 0 Å². The summed E-state index contributed by atoms with van der Waals surface area (Å²) in [6.45, 7) is 3.71. The van der Waals surface area contributed by atoms with Gasteiger partial charge in [0.15, 0.2) is 0 Å². The molecule has 3 N–H and O–H groups in total. The molecule has 0 heterocycles. The van der Waals surface area contributed by atoms with Crippen LogP contribution in [0.5, 0.6) is 0 Å². The van der Waals surface area contributed by atoms with Gasteiger partial charge in [-0.15, -0.1) is 0 Å². The molecule has 0 spiro atoms. The Kier molecular flexibility index (Phi) is 7.13. The number of hydrogen-bond donors (Lipinski definition) is 3. The second-order valence-corrected chi connectivity index (χ2v) is 6.26. The van der Waals surface area contributed by atoms with Crippen LogP contribution in [0.4, 0.5) is 0 Å². The Hall–Kier alpha value is -1.30. The number of nitrogens with one attached hydrogen (secondary N) is 1. The molecule has 1 rings (SSSR count). The predicted octanol–water partition coefficient (Wildman–Crippen LogP) is 2.51. The minimum Gasteiger partial charge on any atom is -0.480 e. The third kappa shape index (κ3) is 5.48. The number of aliphatic carboxylic acids is 1. The zero-order valence-electron chi connectivity index (χ0n) is 12.3. The van der Waals surface area contributed by atoms with Crippen LogP contribution in [0.15, 0.2) is 18.2 Å². The fourth-order valence-corrected chi connectivity index (χ4v) is 2.50. The number of carboxylic acid groups (broad SMARTS) is 1. The first-order valence-corrected chi connectivity index (χ1v) is 7.62. The minimum absolute atomic E-state index is 0.0615. The molecule has 0 aliphatic rings. The van der Waals surface area contributed by atoms with Crippen LogP contribution in [0, 0.1) is 5.92 Å². The van der Waals surface area contributed by atoms with Crippen LogP contribution < -0.4 is 5.32 Å². The summed E-state index contributed by atoms with van der Waals surface area (Å²) >= 11 is 12.0. The SMILES string of the molecule is CC(C)C[C@H](O)C(=O)N[C@@H](Cc1c(Cl)cccc1Cl)C(=O)O. The van der Waals surface area contributed by atoms with Crippen molar-refractivity contribution in [3.8, 4) is 0 Å². The van der Waals surface area contributed by atoms with Crippen molar-refractivity contribution >= 4 is 35.1 Å². The summed E-state index contributed by atoms with van der Waals surface area (Å²) in [6, 6.07) is 3.62. The molecule has 0 fully saturated rings. The Morgan fingerprint density at radius 1 is 1.23 bits per heavy atom. The quantitative estimate of drug-likeness (QED) is 0.707. The number of aliphatic hydroxyl groups excluding tert-OH is 1. The lowest BCUT2D eigenvalue weighted by atomic mass is 10.0. The van der Waals surface area contributed by atoms with Gasteiger partial charge in [0.25, 0.3) is 0 Å². The van der Waals surface area contributed by atoms with Gasteiger partial charge in [-0.3, -0.25) is 4.79 Å². The molecule has 0 bridgehead atoms. The smallest absolute Gasteiger partial charge is 0.326 e. The summed E-state index contributed by atoms with van der Waals surface area (Å²) in [5.74, 6) is -1.83. The van der Waals surface area contributed by atoms with Crippen molar-refractivity contribution < 1.29 is 19.8 Å². The zero-order valence-corrected chi connectivity index (χ0v) is 13.9. The standard InChI is InChI=1S/C15H19Cl2NO4/c1-8(2)6-13(19)14(20)18-12(15(21)22)7-9-10(16)4-3-5-11(9)17/h3-5,8,12-13,19H,6-7H2,1-2H3,(H,18,20)(H,21,22)/t12-,13-/m0/s1. The van der Waals surface area contributed by atoms with Crippen LogP contribution in [0.1, 0.15) is 25.8 Å². The highest BCUT2D eigenvalue weighted by atomic mass is 35.5. The summed E-state index contributed by atoms with van der Waals surface area (Å²) < 4.78 is 0. The fourth-order valence-electron chi connectivity index (χ4n) is 1.95. The molecule has 2 atom stereocenters. The Morgan fingerprint density at radius 3 is 2.23 bits per heavy atom. The zero-order chi connectivity index (χ0) is 16.9. The minimum atomic E-state index is -1.25. The first kappa shape index (κ1) is 18.7. The summed E-state index contributed by atoms with van der Waals surface area (Å²) in [5, 5.41) is 22.0. The van der Waals surface area contributed by atoms with E-state index in [4.69, 9.17) is 23.2 Å². The summed E-state index contributed by atoms with van der Waals surface area (Å²) in [5.41, 5.74) is 0.442. The molecule has 0 radical (unpaired) electrons. The first-order chi connectivity index (χ1) is 10.2. The van der Waals surface area contributed by atoms with E-state index in [2.05, 4.69) is 5.32 Å². The molecule has 1 amide bonds. The molecule has 0 unspecified atom stereocenters. The van der Waals surface area contributed by atoms with E-state index < -0.39 is 24.0 Å². The highest BCUT2D eigenvalue weighted by Gasteiger charge is 2.26. The molecule has 1 aromatic carbocycles. The van der Waals surface area contributed by atoms with Gasteiger partial charge in [0.2, 0.25) is 5.91 Å². The van der Waals surface area contributed by atoms with Crippen LogP contribution in [-0.4, -0.2) is 34.2 Å². The number of carbonyl (C=O) groups is 2. The van der Waals surface area contributed by atoms with E-state index in [0.717, 1.165) is 0 Å². The summed E-state index contributed by atoms with van der Waals surface area (Å²) in [6.07, 6.45) is -1.05. The van der Waals surface area contributed by atoms with Gasteiger partial charge in [-0.1, -0.05) is 43.1 Å². The molecule has 0 saturated heterocycles. The monoisotopic (exact) mass is 347 g/mol. The Bertz CT molecular complexity index is 528. The molecule has 7 heteroatoms. The van der Waals surface area contributed by atoms with E-state index in [-0.39, 0.29) is 18.8 Å². The van der Waals surface area contributed by atoms with E-state index in [1.165, 1.54) is 0 Å². The van der Waals surface area contributed by atoms with Crippen molar-refractivity contribution in [1.82, 2.24) is 5.32 Å². The van der Waals surface area contributed by atoms with Gasteiger partial charge in [0, 0.05) is 16.5 Å². The van der Waals surface area contributed by atoms with Crippen LogP contribution in [0.3, 0.4) is 0 Å². The molecule has 0 saturated carbocycles. The van der Waals surface area contributed by atoms with Crippen molar-refractivity contribution in [1.29, 1.82) is 0 Å². The van der Waals surface area contributed by atoms with Crippen molar-refractivity contribution in [2.24, 2.45) is 5.92 Å². The van der Waals surface area contributed by atoms with E-state index in [1.54, 1.807) is 18.2 Å². The normalized spacial score (nSPS) is 13.7. The Morgan fingerprint density at radius 2 is 1.77 bits per heavy atom. The Labute approximate surface area is 139 Å². The number of rotatable bonds is 7. The number of aliphatic hydroxyl groups is 1. The van der Waals surface area contributed by atoms with Crippen molar-refractivity contribution in [2.45, 2.75) is 38.8 Å². The molecular formula is C15H19Cl2NO4. The third-order valence-electron chi connectivity index (χ3n) is 3.08. The second kappa shape index (κ2) is 8.36. The molecule has 122 valence electrons. The summed E-state index contributed by atoms with van der Waals surface area (Å²) in [4.78, 5) is 23.2. The fraction of sp³-hybridized carbons (Fsp3) is 0.467. The maximum atomic E-state index is 11.9. The maximum absolute atomic E-state index is 11.9. The molecule has 5 nitrogen and oxygen atoms in total. The number of amides is 1. The van der Waals surface area contributed by atoms with E-state index in [9.17, 15) is 19.8 Å². The van der Waals surface area contributed by atoms with Crippen LogP contribution in [0.25, 0.3) is 0 Å². The van der Waals surface area contributed by atoms with Crippen molar-refractivity contribution in [3.63, 3.8) is 0 Å². The van der Waals surface area contributed by atoms with E-state index in [0.29, 0.717) is 15.6 Å². The summed E-state index contributed by atoms with van der Waals surface area (Å²) in [7, 11) is 0. The van der Waals surface area contributed by atoms with Crippen LogP contribution in [0.2, 0.25) is 10.0 Å². The second-order valence-electron chi connectivity index (χ2n) is 5.45. The average molecular weight is 348 g/mol. The molecule has 0 aromatic heterocycles. The molecule has 1 aromatic rings. The lowest BCUT2D eigenvalue weighted by Crippen LogP contribution is -2.47. The van der Waals surface area contributed by atoms with Crippen molar-refractivity contribution in [3.05, 3.63) is 33.8 Å². The number of halogens is 2. The highest BCUT2D eigenvalue weighted by Crippen LogP contribution is 2.25. The van der Waals surface area contributed by atoms with Gasteiger partial charge in [0.1, 0.15) is 12.1 Å². The lowest BCUT2D eigenvalue weighted by Gasteiger charge is -2.19. The molecule has 0 aliphatic heterocycles. The van der Waals surface area contributed by atoms with Gasteiger partial charge in [-0.25, -0.2) is 4.79 Å². The van der Waals surface area contributed by atoms with Gasteiger partial charge < -0.3 is 15.5 Å². The van der Waals surface area contributed by atoms with Gasteiger partial charge in [0.05, 0.1) is 0 Å². The molecule has 22 heavy (non-hydrogen) atoms. The first-order valence-electron chi connectivity index (χ1n) is 6.86. The van der Waals surface area contributed by atoms with Gasteiger partial charge >= 0.3 is 5.97 Å². The largest absolute Gasteiger partial charge is 0.480 e. The average Bonchev–Trinajstić information content (AvgIpc) is 2.40. The number of hydrogen-bond acceptors (Lipinski definition) is 3. The number of benzene rings is 1. The van der Waals surface area contributed by atoms with Crippen LogP contribution >= 0.6 is 23.2 Å². The highest BCUT2D eigenvalue weighted by molar-refractivity contribution is 6.36. The van der Waals surface area contributed by atoms with Gasteiger partial charge in [-0.05, 0) is 30.0 Å². The third-order valence-corrected chi connectivity index (χ3v) is 3.79. The van der Waals surface area contributed by atoms with E-state index in [1.807, 2.05) is 13.8 Å². The molecular weight excluding hydrogens is 329 g/mol. The topological polar surface area (TPSA) is 86.6 Å². The van der Waals surface area contributed by atoms with E-state index >= 15 is 0 Å². The number of carbonyl (C=O) groups excluding carboxylic acids is 1. The Balaban J connectivity index is 2.83. The maximum Gasteiger partial charge on any atom is 0.326 e. The van der Waals surface area contributed by atoms with Crippen LogP contribution in [-0.2, 0) is 16.0 Å². The predicted molar refractivity (Wildman–Crippen MR) is 85.2 cm³/mol. The van der Waals surface area contributed by atoms with Crippen molar-refractivity contribution in [2.75, 3.05) is 0 Å². The molecule has 0 aliphatic carbocycles. The number of carboxylic acids is 1.